The Bertz CT molecular complexity index is 382. The minimum absolute atomic E-state index is 0.0609. The third-order valence-electron chi connectivity index (χ3n) is 1.78. The number of nitrogens with one attached hydrogen (secondary N) is 1. The summed E-state index contributed by atoms with van der Waals surface area (Å²) in [7, 11) is 1.78. The van der Waals surface area contributed by atoms with Crippen LogP contribution < -0.4 is 11.1 Å². The molecule has 0 spiro atoms. The molecule has 0 aliphatic heterocycles. The number of nitrogen functional groups attached to an aromatic ring is 1. The van der Waals surface area contributed by atoms with Crippen molar-refractivity contribution in [3.63, 3.8) is 0 Å². The summed E-state index contributed by atoms with van der Waals surface area (Å²) in [5.74, 6) is 3.68. The van der Waals surface area contributed by atoms with Gasteiger partial charge in [0.25, 0.3) is 0 Å². The maximum Gasteiger partial charge on any atom is 0.143 e. The Hall–Kier alpha value is -1.60. The van der Waals surface area contributed by atoms with Gasteiger partial charge in [0.2, 0.25) is 0 Å². The predicted octanol–water partition coefficient (Wildman–Crippen LogP) is 1.51. The van der Waals surface area contributed by atoms with E-state index in [0.29, 0.717) is 13.0 Å². The van der Waals surface area contributed by atoms with Crippen LogP contribution in [0.15, 0.2) is 12.1 Å². The highest BCUT2D eigenvalue weighted by Gasteiger charge is 2.06. The molecule has 0 atom stereocenters. The van der Waals surface area contributed by atoms with Crippen molar-refractivity contribution in [1.82, 2.24) is 5.32 Å². The molecule has 1 aromatic rings. The minimum atomic E-state index is -0.718. The first kappa shape index (κ1) is 11.5. The lowest BCUT2D eigenvalue weighted by Crippen LogP contribution is -2.06. The van der Waals surface area contributed by atoms with Gasteiger partial charge < -0.3 is 11.1 Å². The maximum atomic E-state index is 13.2. The molecule has 0 unspecified atom stereocenters. The zero-order chi connectivity index (χ0) is 11.3. The van der Waals surface area contributed by atoms with Crippen LogP contribution in [-0.2, 0) is 0 Å². The molecule has 3 N–H and O–H groups in total. The lowest BCUT2D eigenvalue weighted by molar-refractivity contribution is 0.578. The largest absolute Gasteiger partial charge is 0.399 e. The molecular formula is C11H12F2N2. The van der Waals surface area contributed by atoms with E-state index in [1.54, 1.807) is 7.05 Å². The Morgan fingerprint density at radius 1 is 1.33 bits per heavy atom. The summed E-state index contributed by atoms with van der Waals surface area (Å²) in [5.41, 5.74) is 5.11. The van der Waals surface area contributed by atoms with Gasteiger partial charge in [-0.1, -0.05) is 11.8 Å². The average Bonchev–Trinajstić information content (AvgIpc) is 2.15. The number of nitrogens with two attached hydrogens (primary N) is 1. The van der Waals surface area contributed by atoms with E-state index in [4.69, 9.17) is 5.73 Å². The molecule has 15 heavy (non-hydrogen) atoms. The van der Waals surface area contributed by atoms with E-state index in [1.807, 2.05) is 0 Å². The van der Waals surface area contributed by atoms with E-state index in [-0.39, 0.29) is 11.3 Å². The van der Waals surface area contributed by atoms with Crippen molar-refractivity contribution in [3.05, 3.63) is 29.3 Å². The predicted molar refractivity (Wildman–Crippen MR) is 56.2 cm³/mol. The number of hydrogen-bond donors (Lipinski definition) is 2. The molecule has 0 amide bonds. The van der Waals surface area contributed by atoms with Crippen molar-refractivity contribution < 1.29 is 8.78 Å². The SMILES string of the molecule is CNCCC#Cc1c(F)cc(N)cc1F. The van der Waals surface area contributed by atoms with Gasteiger partial charge in [0, 0.05) is 18.7 Å². The van der Waals surface area contributed by atoms with E-state index < -0.39 is 11.6 Å². The zero-order valence-electron chi connectivity index (χ0n) is 8.40. The van der Waals surface area contributed by atoms with Gasteiger partial charge in [-0.15, -0.1) is 0 Å². The normalized spacial score (nSPS) is 9.53. The van der Waals surface area contributed by atoms with Crippen LogP contribution in [0.3, 0.4) is 0 Å². The van der Waals surface area contributed by atoms with Gasteiger partial charge in [0.15, 0.2) is 0 Å². The van der Waals surface area contributed by atoms with Crippen molar-refractivity contribution in [3.8, 4) is 11.8 Å². The molecule has 1 aromatic carbocycles. The Kier molecular flexibility index (Phi) is 4.07. The lowest BCUT2D eigenvalue weighted by Gasteiger charge is -1.98. The van der Waals surface area contributed by atoms with Gasteiger partial charge in [-0.05, 0) is 19.2 Å². The summed E-state index contributed by atoms with van der Waals surface area (Å²) in [6.45, 7) is 0.686. The van der Waals surface area contributed by atoms with Crippen LogP contribution in [0.25, 0.3) is 0 Å². The molecule has 0 heterocycles. The molecule has 0 aliphatic rings. The van der Waals surface area contributed by atoms with Crippen molar-refractivity contribution in [2.24, 2.45) is 0 Å². The van der Waals surface area contributed by atoms with Gasteiger partial charge in [-0.3, -0.25) is 0 Å². The summed E-state index contributed by atoms with van der Waals surface area (Å²) < 4.78 is 26.4. The summed E-state index contributed by atoms with van der Waals surface area (Å²) in [6, 6.07) is 2.12. The summed E-state index contributed by atoms with van der Waals surface area (Å²) in [6.07, 6.45) is 0.541. The van der Waals surface area contributed by atoms with Crippen molar-refractivity contribution in [1.29, 1.82) is 0 Å². The van der Waals surface area contributed by atoms with E-state index in [2.05, 4.69) is 17.2 Å². The number of benzene rings is 1. The quantitative estimate of drug-likeness (QED) is 0.441. The van der Waals surface area contributed by atoms with E-state index in [9.17, 15) is 8.78 Å². The molecular weight excluding hydrogens is 198 g/mol. The van der Waals surface area contributed by atoms with Crippen LogP contribution in [0.4, 0.5) is 14.5 Å². The van der Waals surface area contributed by atoms with Crippen molar-refractivity contribution in [2.75, 3.05) is 19.3 Å². The second kappa shape index (κ2) is 5.32. The molecule has 0 fully saturated rings. The summed E-state index contributed by atoms with van der Waals surface area (Å²) in [5, 5.41) is 2.88. The second-order valence-corrected chi connectivity index (χ2v) is 3.01. The monoisotopic (exact) mass is 210 g/mol. The van der Waals surface area contributed by atoms with Gasteiger partial charge in [-0.2, -0.15) is 0 Å². The van der Waals surface area contributed by atoms with Crippen molar-refractivity contribution in [2.45, 2.75) is 6.42 Å². The molecule has 0 saturated carbocycles. The molecule has 4 heteroatoms. The Morgan fingerprint density at radius 2 is 1.93 bits per heavy atom. The molecule has 80 valence electrons. The third-order valence-corrected chi connectivity index (χ3v) is 1.78. The number of halogens is 2. The third kappa shape index (κ3) is 3.22. The first-order valence-electron chi connectivity index (χ1n) is 4.53. The highest BCUT2D eigenvalue weighted by Crippen LogP contribution is 2.15. The van der Waals surface area contributed by atoms with Crippen LogP contribution in [0, 0.1) is 23.5 Å². The van der Waals surface area contributed by atoms with Gasteiger partial charge in [0.05, 0.1) is 5.56 Å². The van der Waals surface area contributed by atoms with Crippen molar-refractivity contribution >= 4 is 5.69 Å². The summed E-state index contributed by atoms with van der Waals surface area (Å²) in [4.78, 5) is 0. The Labute approximate surface area is 87.5 Å². The molecule has 0 saturated heterocycles. The number of rotatable bonds is 2. The van der Waals surface area contributed by atoms with Gasteiger partial charge in [-0.25, -0.2) is 8.78 Å². The fraction of sp³-hybridized carbons (Fsp3) is 0.273. The molecule has 0 aromatic heterocycles. The maximum absolute atomic E-state index is 13.2. The van der Waals surface area contributed by atoms with Crippen LogP contribution in [0.5, 0.6) is 0 Å². The Morgan fingerprint density at radius 3 is 2.47 bits per heavy atom. The lowest BCUT2D eigenvalue weighted by atomic mass is 10.2. The molecule has 2 nitrogen and oxygen atoms in total. The number of hydrogen-bond acceptors (Lipinski definition) is 2. The van der Waals surface area contributed by atoms with Gasteiger partial charge >= 0.3 is 0 Å². The standard InChI is InChI=1S/C11H12F2N2/c1-15-5-3-2-4-9-10(12)6-8(14)7-11(9)13/h6-7,15H,3,5,14H2,1H3. The highest BCUT2D eigenvalue weighted by molar-refractivity contribution is 5.47. The smallest absolute Gasteiger partial charge is 0.143 e. The molecule has 0 radical (unpaired) electrons. The van der Waals surface area contributed by atoms with E-state index in [0.717, 1.165) is 12.1 Å². The zero-order valence-corrected chi connectivity index (χ0v) is 8.40. The van der Waals surface area contributed by atoms with Crippen LogP contribution in [0.2, 0.25) is 0 Å². The van der Waals surface area contributed by atoms with Crippen LogP contribution in [-0.4, -0.2) is 13.6 Å². The highest BCUT2D eigenvalue weighted by atomic mass is 19.1. The molecule has 1 rings (SSSR count). The topological polar surface area (TPSA) is 38.0 Å². The fourth-order valence-corrected chi connectivity index (χ4v) is 1.05. The minimum Gasteiger partial charge on any atom is -0.399 e. The fourth-order valence-electron chi connectivity index (χ4n) is 1.05. The van der Waals surface area contributed by atoms with E-state index >= 15 is 0 Å². The Balaban J connectivity index is 2.88. The number of anilines is 1. The van der Waals surface area contributed by atoms with Crippen LogP contribution in [0.1, 0.15) is 12.0 Å². The van der Waals surface area contributed by atoms with E-state index in [1.165, 1.54) is 0 Å². The van der Waals surface area contributed by atoms with Gasteiger partial charge in [0.1, 0.15) is 11.6 Å². The first-order chi connectivity index (χ1) is 7.15. The first-order valence-corrected chi connectivity index (χ1v) is 4.53. The molecule has 0 aliphatic carbocycles. The van der Waals surface area contributed by atoms with Crippen LogP contribution >= 0.6 is 0 Å². The second-order valence-electron chi connectivity index (χ2n) is 3.01. The average molecular weight is 210 g/mol. The molecule has 0 bridgehead atoms. The summed E-state index contributed by atoms with van der Waals surface area (Å²) >= 11 is 0.